The topological polar surface area (TPSA) is 49.8 Å². The van der Waals surface area contributed by atoms with Gasteiger partial charge in [-0.1, -0.05) is 30.3 Å². The van der Waals surface area contributed by atoms with E-state index in [0.717, 1.165) is 36.7 Å². The smallest absolute Gasteiger partial charge is 0.224 e. The zero-order chi connectivity index (χ0) is 12.4. The first kappa shape index (κ1) is 11.4. The summed E-state index contributed by atoms with van der Waals surface area (Å²) in [6, 6.07) is 10.2. The molecular weight excluding hydrogens is 248 g/mol. The number of benzene rings is 1. The number of nitrogens with zero attached hydrogens (tertiary/aromatic N) is 2. The van der Waals surface area contributed by atoms with Gasteiger partial charge in [0.05, 0.1) is 5.69 Å². The fraction of sp³-hybridized carbons (Fsp3) is 0.231. The summed E-state index contributed by atoms with van der Waals surface area (Å²) in [4.78, 5) is 8.48. The number of rotatable bonds is 3. The number of nitrogens with one attached hydrogen (secondary N) is 2. The zero-order valence-electron chi connectivity index (χ0n) is 9.78. The van der Waals surface area contributed by atoms with Crippen molar-refractivity contribution in [2.45, 2.75) is 19.6 Å². The fourth-order valence-electron chi connectivity index (χ4n) is 2.07. The van der Waals surface area contributed by atoms with Crippen LogP contribution in [0.1, 0.15) is 16.8 Å². The molecule has 2 N–H and O–H groups in total. The summed E-state index contributed by atoms with van der Waals surface area (Å²) in [5.74, 6) is 0.832. The van der Waals surface area contributed by atoms with Crippen molar-refractivity contribution in [2.24, 2.45) is 0 Å². The van der Waals surface area contributed by atoms with Crippen LogP contribution in [0.3, 0.4) is 0 Å². The van der Waals surface area contributed by atoms with Crippen LogP contribution in [0.2, 0.25) is 5.28 Å². The van der Waals surface area contributed by atoms with Gasteiger partial charge in [-0.25, -0.2) is 9.97 Å². The molecule has 0 saturated heterocycles. The molecule has 0 fully saturated rings. The Morgan fingerprint density at radius 3 is 2.83 bits per heavy atom. The monoisotopic (exact) mass is 260 g/mol. The molecule has 1 aliphatic rings. The fourth-order valence-corrected chi connectivity index (χ4v) is 2.25. The summed E-state index contributed by atoms with van der Waals surface area (Å²) < 4.78 is 0. The van der Waals surface area contributed by atoms with E-state index in [0.29, 0.717) is 5.28 Å². The maximum absolute atomic E-state index is 5.92. The highest BCUT2D eigenvalue weighted by molar-refractivity contribution is 6.28. The SMILES string of the molecule is Clc1nc2c(c(NCc3ccccc3)n1)CNC2. The number of halogens is 1. The first-order valence-corrected chi connectivity index (χ1v) is 6.24. The van der Waals surface area contributed by atoms with Crippen molar-refractivity contribution >= 4 is 17.4 Å². The average Bonchev–Trinajstić information content (AvgIpc) is 2.85. The van der Waals surface area contributed by atoms with Crippen molar-refractivity contribution in [1.82, 2.24) is 15.3 Å². The van der Waals surface area contributed by atoms with Crippen LogP contribution in [-0.4, -0.2) is 9.97 Å². The van der Waals surface area contributed by atoms with Crippen LogP contribution in [0, 0.1) is 0 Å². The van der Waals surface area contributed by atoms with Crippen molar-refractivity contribution in [3.8, 4) is 0 Å². The minimum absolute atomic E-state index is 0.299. The lowest BCUT2D eigenvalue weighted by atomic mass is 10.2. The number of fused-ring (bicyclic) bond motifs is 1. The highest BCUT2D eigenvalue weighted by Crippen LogP contribution is 2.23. The minimum atomic E-state index is 0.299. The molecule has 1 aromatic carbocycles. The van der Waals surface area contributed by atoms with Gasteiger partial charge in [-0.15, -0.1) is 0 Å². The van der Waals surface area contributed by atoms with Crippen molar-refractivity contribution in [1.29, 1.82) is 0 Å². The molecule has 3 rings (SSSR count). The minimum Gasteiger partial charge on any atom is -0.366 e. The molecule has 92 valence electrons. The number of anilines is 1. The Morgan fingerprint density at radius 2 is 2.00 bits per heavy atom. The van der Waals surface area contributed by atoms with E-state index in [4.69, 9.17) is 11.6 Å². The molecule has 0 aliphatic carbocycles. The van der Waals surface area contributed by atoms with Crippen LogP contribution in [0.4, 0.5) is 5.82 Å². The van der Waals surface area contributed by atoms with Gasteiger partial charge >= 0.3 is 0 Å². The maximum Gasteiger partial charge on any atom is 0.224 e. The highest BCUT2D eigenvalue weighted by Gasteiger charge is 2.18. The lowest BCUT2D eigenvalue weighted by Crippen LogP contribution is -2.06. The van der Waals surface area contributed by atoms with Gasteiger partial charge < -0.3 is 10.6 Å². The summed E-state index contributed by atoms with van der Waals surface area (Å²) in [6.45, 7) is 2.29. The quantitative estimate of drug-likeness (QED) is 0.832. The van der Waals surface area contributed by atoms with Gasteiger partial charge in [0.25, 0.3) is 0 Å². The number of hydrogen-bond donors (Lipinski definition) is 2. The molecule has 4 nitrogen and oxygen atoms in total. The van der Waals surface area contributed by atoms with E-state index in [-0.39, 0.29) is 0 Å². The predicted molar refractivity (Wildman–Crippen MR) is 71.4 cm³/mol. The van der Waals surface area contributed by atoms with Crippen LogP contribution in [0.25, 0.3) is 0 Å². The van der Waals surface area contributed by atoms with Gasteiger partial charge in [0.15, 0.2) is 0 Å². The van der Waals surface area contributed by atoms with Crippen molar-refractivity contribution in [3.05, 3.63) is 52.4 Å². The first-order valence-electron chi connectivity index (χ1n) is 5.87. The van der Waals surface area contributed by atoms with E-state index < -0.39 is 0 Å². The van der Waals surface area contributed by atoms with Crippen molar-refractivity contribution in [2.75, 3.05) is 5.32 Å². The Kier molecular flexibility index (Phi) is 3.13. The largest absolute Gasteiger partial charge is 0.366 e. The third kappa shape index (κ3) is 2.30. The first-order chi connectivity index (χ1) is 8.83. The second-order valence-corrected chi connectivity index (χ2v) is 4.55. The van der Waals surface area contributed by atoms with Gasteiger partial charge in [-0.3, -0.25) is 0 Å². The van der Waals surface area contributed by atoms with E-state index in [9.17, 15) is 0 Å². The van der Waals surface area contributed by atoms with Gasteiger partial charge in [0, 0.05) is 25.2 Å². The number of hydrogen-bond acceptors (Lipinski definition) is 4. The molecule has 5 heteroatoms. The zero-order valence-corrected chi connectivity index (χ0v) is 10.5. The van der Waals surface area contributed by atoms with Crippen LogP contribution in [0.15, 0.2) is 30.3 Å². The molecule has 0 unspecified atom stereocenters. The van der Waals surface area contributed by atoms with Crippen LogP contribution in [-0.2, 0) is 19.6 Å². The molecule has 1 aromatic heterocycles. The van der Waals surface area contributed by atoms with Crippen LogP contribution in [0.5, 0.6) is 0 Å². The Balaban J connectivity index is 1.81. The second kappa shape index (κ2) is 4.92. The predicted octanol–water partition coefficient (Wildman–Crippen LogP) is 2.35. The molecule has 0 radical (unpaired) electrons. The van der Waals surface area contributed by atoms with E-state index in [1.54, 1.807) is 0 Å². The normalized spacial score (nSPS) is 13.4. The third-order valence-corrected chi connectivity index (χ3v) is 3.13. The van der Waals surface area contributed by atoms with Gasteiger partial charge in [0.1, 0.15) is 5.82 Å². The Bertz CT molecular complexity index is 556. The molecule has 0 saturated carbocycles. The number of aromatic nitrogens is 2. The standard InChI is InChI=1S/C13H13ClN4/c14-13-17-11-8-15-7-10(11)12(18-13)16-6-9-4-2-1-3-5-9/h1-5,15H,6-8H2,(H,16,17,18). The van der Waals surface area contributed by atoms with Gasteiger partial charge in [0.2, 0.25) is 5.28 Å². The molecule has 0 bridgehead atoms. The lowest BCUT2D eigenvalue weighted by Gasteiger charge is -2.09. The summed E-state index contributed by atoms with van der Waals surface area (Å²) in [5, 5.41) is 6.88. The Hall–Kier alpha value is -1.65. The van der Waals surface area contributed by atoms with Crippen molar-refractivity contribution < 1.29 is 0 Å². The molecule has 2 aromatic rings. The molecule has 0 atom stereocenters. The summed E-state index contributed by atoms with van der Waals surface area (Å²) in [7, 11) is 0. The maximum atomic E-state index is 5.92. The van der Waals surface area contributed by atoms with E-state index in [2.05, 4.69) is 32.7 Å². The summed E-state index contributed by atoms with van der Waals surface area (Å²) in [5.41, 5.74) is 3.33. The molecule has 0 spiro atoms. The summed E-state index contributed by atoms with van der Waals surface area (Å²) in [6.07, 6.45) is 0. The molecule has 2 heterocycles. The van der Waals surface area contributed by atoms with E-state index in [1.807, 2.05) is 18.2 Å². The van der Waals surface area contributed by atoms with Crippen LogP contribution < -0.4 is 10.6 Å². The third-order valence-electron chi connectivity index (χ3n) is 2.96. The summed E-state index contributed by atoms with van der Waals surface area (Å²) >= 11 is 5.92. The molecule has 0 amide bonds. The lowest BCUT2D eigenvalue weighted by molar-refractivity contribution is 0.758. The van der Waals surface area contributed by atoms with E-state index in [1.165, 1.54) is 5.56 Å². The van der Waals surface area contributed by atoms with Gasteiger partial charge in [-0.2, -0.15) is 0 Å². The Morgan fingerprint density at radius 1 is 1.17 bits per heavy atom. The molecule has 1 aliphatic heterocycles. The molecular formula is C13H13ClN4. The van der Waals surface area contributed by atoms with Crippen molar-refractivity contribution in [3.63, 3.8) is 0 Å². The Labute approximate surface area is 110 Å². The molecule has 18 heavy (non-hydrogen) atoms. The second-order valence-electron chi connectivity index (χ2n) is 4.21. The van der Waals surface area contributed by atoms with E-state index >= 15 is 0 Å². The average molecular weight is 261 g/mol. The highest BCUT2D eigenvalue weighted by atomic mass is 35.5. The van der Waals surface area contributed by atoms with Crippen LogP contribution >= 0.6 is 11.6 Å². The van der Waals surface area contributed by atoms with Gasteiger partial charge in [-0.05, 0) is 17.2 Å².